The summed E-state index contributed by atoms with van der Waals surface area (Å²) >= 11 is 1.51. The first kappa shape index (κ1) is 34.3. The van der Waals surface area contributed by atoms with Crippen molar-refractivity contribution in [2.45, 2.75) is 79.1 Å². The molecule has 0 aromatic heterocycles. The van der Waals surface area contributed by atoms with Crippen LogP contribution >= 0.6 is 0 Å². The minimum atomic E-state index is 0. The van der Waals surface area contributed by atoms with Crippen molar-refractivity contribution < 1.29 is 49.0 Å². The Balaban J connectivity index is 0.000000151. The van der Waals surface area contributed by atoms with Crippen molar-refractivity contribution in [3.05, 3.63) is 118 Å². The van der Waals surface area contributed by atoms with Gasteiger partial charge in [0.05, 0.1) is 0 Å². The molecule has 0 heterocycles. The van der Waals surface area contributed by atoms with E-state index in [0.717, 1.165) is 24.2 Å². The van der Waals surface area contributed by atoms with Gasteiger partial charge in [0.15, 0.2) is 0 Å². The summed E-state index contributed by atoms with van der Waals surface area (Å²) in [5.41, 5.74) is 12.0. The molecule has 9 rings (SSSR count). The Morgan fingerprint density at radius 1 is 0.837 bits per heavy atom. The first-order valence-electron chi connectivity index (χ1n) is 15.8. The van der Waals surface area contributed by atoms with E-state index in [-0.39, 0.29) is 24.8 Å². The molecule has 224 valence electrons. The minimum absolute atomic E-state index is 0. The van der Waals surface area contributed by atoms with Crippen LogP contribution in [0.15, 0.2) is 84.0 Å². The summed E-state index contributed by atoms with van der Waals surface area (Å²) in [5.74, 6) is 3.82. The van der Waals surface area contributed by atoms with Crippen molar-refractivity contribution in [1.82, 2.24) is 0 Å². The van der Waals surface area contributed by atoms with Gasteiger partial charge in [0.25, 0.3) is 0 Å². The van der Waals surface area contributed by atoms with Crippen LogP contribution in [0.3, 0.4) is 0 Å². The molecule has 3 aromatic rings. The van der Waals surface area contributed by atoms with Gasteiger partial charge in [-0.1, -0.05) is 61.6 Å². The summed E-state index contributed by atoms with van der Waals surface area (Å²) in [7, 11) is 0. The van der Waals surface area contributed by atoms with Crippen LogP contribution in [0.25, 0.3) is 11.1 Å². The van der Waals surface area contributed by atoms with Gasteiger partial charge in [-0.3, -0.25) is 6.08 Å². The number of hydrogen-bond acceptors (Lipinski definition) is 0. The fourth-order valence-electron chi connectivity index (χ4n) is 8.81. The molecule has 0 radical (unpaired) electrons. The van der Waals surface area contributed by atoms with Crippen LogP contribution < -0.4 is 24.8 Å². The number of hydrogen-bond donors (Lipinski definition) is 0. The average molecular weight is 687 g/mol. The molecule has 0 nitrogen and oxygen atoms in total. The smallest absolute Gasteiger partial charge is 0.0253 e. The van der Waals surface area contributed by atoms with Crippen LogP contribution in [0.2, 0.25) is 0 Å². The Hall–Kier alpha value is -1.53. The number of fused-ring (bicyclic) bond motifs is 3. The summed E-state index contributed by atoms with van der Waals surface area (Å²) < 4.78 is 1.46. The van der Waals surface area contributed by atoms with Gasteiger partial charge in [-0.05, 0) is 68.1 Å². The van der Waals surface area contributed by atoms with E-state index in [4.69, 9.17) is 0 Å². The Kier molecular flexibility index (Phi) is 11.8. The van der Waals surface area contributed by atoms with E-state index in [1.54, 1.807) is 44.1 Å². The van der Waals surface area contributed by atoms with E-state index in [0.29, 0.717) is 11.3 Å². The van der Waals surface area contributed by atoms with E-state index in [1.807, 2.05) is 6.07 Å². The van der Waals surface area contributed by atoms with Crippen molar-refractivity contribution in [1.29, 1.82) is 0 Å². The number of benzene rings is 3. The van der Waals surface area contributed by atoms with E-state index < -0.39 is 0 Å². The van der Waals surface area contributed by atoms with E-state index in [1.165, 1.54) is 72.8 Å². The Labute approximate surface area is 288 Å². The van der Waals surface area contributed by atoms with Gasteiger partial charge in [0.1, 0.15) is 0 Å². The second-order valence-corrected chi connectivity index (χ2v) is 15.6. The average Bonchev–Trinajstić information content (AvgIpc) is 3.47. The summed E-state index contributed by atoms with van der Waals surface area (Å²) in [6.07, 6.45) is 17.8. The molecule has 6 aliphatic rings. The number of halogens is 2. The quantitative estimate of drug-likeness (QED) is 0.286. The first-order valence-corrected chi connectivity index (χ1v) is 17.0. The monoisotopic (exact) mass is 684 g/mol. The van der Waals surface area contributed by atoms with E-state index in [2.05, 4.69) is 107 Å². The van der Waals surface area contributed by atoms with Crippen molar-refractivity contribution in [3.8, 4) is 11.1 Å². The molecule has 6 aliphatic carbocycles. The number of allylic oxidation sites excluding steroid dienone is 4. The molecular weight excluding hydrogens is 643 g/mol. The van der Waals surface area contributed by atoms with Crippen LogP contribution in [0.4, 0.5) is 0 Å². The second kappa shape index (κ2) is 14.7. The van der Waals surface area contributed by atoms with Gasteiger partial charge >= 0.3 is 76.7 Å². The Morgan fingerprint density at radius 3 is 2.02 bits per heavy atom. The summed E-state index contributed by atoms with van der Waals surface area (Å²) in [6, 6.07) is 26.8. The molecule has 4 saturated carbocycles. The van der Waals surface area contributed by atoms with Crippen molar-refractivity contribution >= 4 is 3.21 Å². The maximum Gasteiger partial charge on any atom is -0.0253 e. The molecule has 3 heteroatoms. The van der Waals surface area contributed by atoms with E-state index >= 15 is 0 Å². The molecule has 0 amide bonds. The molecule has 0 N–H and O–H groups in total. The van der Waals surface area contributed by atoms with E-state index in [9.17, 15) is 0 Å². The summed E-state index contributed by atoms with van der Waals surface area (Å²) in [4.78, 5) is 0. The Morgan fingerprint density at radius 2 is 1.44 bits per heavy atom. The van der Waals surface area contributed by atoms with Gasteiger partial charge in [-0.15, -0.1) is 5.56 Å². The first-order chi connectivity index (χ1) is 19.8. The zero-order valence-corrected chi connectivity index (χ0v) is 30.1. The second-order valence-electron chi connectivity index (χ2n) is 13.7. The minimum Gasteiger partial charge on any atom is -1.00 e. The van der Waals surface area contributed by atoms with Gasteiger partial charge in [0.2, 0.25) is 0 Å². The standard InChI is InChI=1S/C18H25.C13H9.C9H10.2ClH.Zr/c1-12-3-13(2)17(4-12)11-18-8-14-5-15(9-18)7-16(6-14)10-18;1-3-7-12-10(5-1)9-11-6-2-4-8-13(11)12;1-3-9-6-4-8(2)5-7-9;;;/h4,12,14-16H,5-11H2,1-2H3;1-5,7-8H,9H2;4-7H,1-2H3;2*1H;/q2*-1;;;;+2/p-2. The predicted molar refractivity (Wildman–Crippen MR) is 169 cm³/mol. The van der Waals surface area contributed by atoms with Gasteiger partial charge in [-0.2, -0.15) is 41.5 Å². The summed E-state index contributed by atoms with van der Waals surface area (Å²) in [6.45, 7) is 8.83. The van der Waals surface area contributed by atoms with Crippen molar-refractivity contribution in [3.63, 3.8) is 0 Å². The third kappa shape index (κ3) is 8.01. The molecular formula is C40H44Cl2Zr-2. The zero-order chi connectivity index (χ0) is 28.6. The molecule has 0 spiro atoms. The maximum atomic E-state index is 3.57. The number of aryl methyl sites for hydroxylation is 1. The topological polar surface area (TPSA) is 0 Å². The molecule has 0 aliphatic heterocycles. The van der Waals surface area contributed by atoms with Crippen molar-refractivity contribution in [2.24, 2.45) is 29.1 Å². The Bertz CT molecular complexity index is 1400. The SMILES string of the molecule is CC1=[C-]C(C)C=C1CC12CC3CC(CC(C3)C1)C2.C[C](=[Zr+2])c1ccc(C)cc1.[Cl-].[Cl-].[c-]1cccc2c1Cc1ccccc1-2. The predicted octanol–water partition coefficient (Wildman–Crippen LogP) is 4.07. The molecule has 1 unspecified atom stereocenters. The maximum absolute atomic E-state index is 3.57. The van der Waals surface area contributed by atoms with Gasteiger partial charge in [0, 0.05) is 0 Å². The van der Waals surface area contributed by atoms with Crippen LogP contribution in [0, 0.1) is 48.2 Å². The molecule has 3 aromatic carbocycles. The van der Waals surface area contributed by atoms with Crippen LogP contribution in [0.1, 0.15) is 88.0 Å². The summed E-state index contributed by atoms with van der Waals surface area (Å²) in [5, 5.41) is 0. The molecule has 43 heavy (non-hydrogen) atoms. The fourth-order valence-corrected chi connectivity index (χ4v) is 9.22. The molecule has 1 atom stereocenters. The van der Waals surface area contributed by atoms with Crippen LogP contribution in [-0.4, -0.2) is 3.21 Å². The molecule has 0 saturated heterocycles. The fraction of sp³-hybridized carbons (Fsp3) is 0.425. The van der Waals surface area contributed by atoms with Gasteiger partial charge < -0.3 is 24.8 Å². The largest absolute Gasteiger partial charge is 1.00 e. The normalized spacial score (nSPS) is 26.7. The third-order valence-electron chi connectivity index (χ3n) is 10.2. The van der Waals surface area contributed by atoms with Crippen molar-refractivity contribution in [2.75, 3.05) is 0 Å². The molecule has 4 fully saturated rings. The van der Waals surface area contributed by atoms with Crippen LogP contribution in [-0.2, 0) is 30.7 Å². The zero-order valence-electron chi connectivity index (χ0n) is 26.2. The molecule has 4 bridgehead atoms. The third-order valence-corrected chi connectivity index (χ3v) is 10.9. The van der Waals surface area contributed by atoms with Gasteiger partial charge in [-0.25, -0.2) is 5.57 Å². The van der Waals surface area contributed by atoms with Crippen LogP contribution in [0.5, 0.6) is 0 Å². The number of rotatable bonds is 3.